The molecule has 0 atom stereocenters. The first kappa shape index (κ1) is 32.4. The summed E-state index contributed by atoms with van der Waals surface area (Å²) in [7, 11) is -3.75. The zero-order chi connectivity index (χ0) is 37.1. The van der Waals surface area contributed by atoms with Crippen LogP contribution in [0.5, 0.6) is 0 Å². The molecule has 4 heterocycles. The first-order valence-electron chi connectivity index (χ1n) is 17.7. The molecule has 0 N–H and O–H groups in total. The van der Waals surface area contributed by atoms with Gasteiger partial charge in [0.2, 0.25) is 15.8 Å². The molecule has 0 unspecified atom stereocenters. The number of hydrogen-bond donors (Lipinski definition) is 0. The average Bonchev–Trinajstić information content (AvgIpc) is 3.77. The van der Waals surface area contributed by atoms with E-state index in [2.05, 4.69) is 16.7 Å². The molecule has 0 amide bonds. The van der Waals surface area contributed by atoms with Gasteiger partial charge in [-0.1, -0.05) is 97.1 Å². The SMILES string of the molecule is N#Cc1ccc(S(=O)(=O)C2=CC=C(n3c4ccccc4c4nnc5c(c6ccccc6n5-c5nc(-c6ccccc6)nc(-c6ccccc6)n5)c43)CC2)cc1. The van der Waals surface area contributed by atoms with Crippen LogP contribution >= 0.6 is 0 Å². The van der Waals surface area contributed by atoms with Gasteiger partial charge in [-0.25, -0.2) is 13.4 Å². The number of nitrogens with zero attached hydrogens (tertiary/aromatic N) is 8. The van der Waals surface area contributed by atoms with Crippen LogP contribution < -0.4 is 0 Å². The minimum Gasteiger partial charge on any atom is -0.311 e. The topological polar surface area (TPSA) is 132 Å². The maximum atomic E-state index is 13.7. The highest BCUT2D eigenvalue weighted by molar-refractivity contribution is 7.95. The van der Waals surface area contributed by atoms with Crippen LogP contribution in [0.15, 0.2) is 155 Å². The van der Waals surface area contributed by atoms with Gasteiger partial charge < -0.3 is 4.57 Å². The predicted molar refractivity (Wildman–Crippen MR) is 214 cm³/mol. The van der Waals surface area contributed by atoms with Crippen LogP contribution in [0.3, 0.4) is 0 Å². The Bertz CT molecular complexity index is 3160. The first-order chi connectivity index (χ1) is 27.0. The monoisotopic (exact) mass is 732 g/mol. The number of benzene rings is 5. The van der Waals surface area contributed by atoms with Gasteiger partial charge in [0.1, 0.15) is 5.52 Å². The molecule has 10 rings (SSSR count). The van der Waals surface area contributed by atoms with E-state index in [4.69, 9.17) is 25.1 Å². The Balaban J connectivity index is 1.22. The summed E-state index contributed by atoms with van der Waals surface area (Å²) >= 11 is 0. The molecule has 5 aromatic carbocycles. The lowest BCUT2D eigenvalue weighted by atomic mass is 10.1. The maximum absolute atomic E-state index is 13.7. The summed E-state index contributed by atoms with van der Waals surface area (Å²) in [6, 6.07) is 44.0. The molecule has 10 nitrogen and oxygen atoms in total. The number of hydrogen-bond acceptors (Lipinski definition) is 8. The van der Waals surface area contributed by atoms with Gasteiger partial charge in [0, 0.05) is 32.5 Å². The molecule has 4 aromatic heterocycles. The molecule has 0 aliphatic heterocycles. The maximum Gasteiger partial charge on any atom is 0.240 e. The summed E-state index contributed by atoms with van der Waals surface area (Å²) < 4.78 is 31.5. The fourth-order valence-electron chi connectivity index (χ4n) is 7.48. The predicted octanol–water partition coefficient (Wildman–Crippen LogP) is 9.06. The Hall–Kier alpha value is -7.29. The van der Waals surface area contributed by atoms with E-state index in [0.717, 1.165) is 55.0 Å². The van der Waals surface area contributed by atoms with E-state index in [1.807, 2.05) is 114 Å². The van der Waals surface area contributed by atoms with E-state index in [1.165, 1.54) is 24.3 Å². The van der Waals surface area contributed by atoms with Gasteiger partial charge in [0.05, 0.1) is 38.5 Å². The number of aromatic nitrogens is 7. The molecule has 0 bridgehead atoms. The van der Waals surface area contributed by atoms with Crippen molar-refractivity contribution in [3.63, 3.8) is 0 Å². The molecule has 0 radical (unpaired) electrons. The Morgan fingerprint density at radius 3 is 1.82 bits per heavy atom. The van der Waals surface area contributed by atoms with Gasteiger partial charge in [0.15, 0.2) is 17.3 Å². The van der Waals surface area contributed by atoms with E-state index >= 15 is 0 Å². The lowest BCUT2D eigenvalue weighted by molar-refractivity contribution is 0.600. The fourth-order valence-corrected chi connectivity index (χ4v) is 8.90. The zero-order valence-electron chi connectivity index (χ0n) is 29.1. The Labute approximate surface area is 314 Å². The Morgan fingerprint density at radius 2 is 1.20 bits per heavy atom. The smallest absolute Gasteiger partial charge is 0.240 e. The van der Waals surface area contributed by atoms with Crippen LogP contribution in [0.2, 0.25) is 0 Å². The Morgan fingerprint density at radius 1 is 0.600 bits per heavy atom. The number of rotatable bonds is 6. The molecule has 1 aliphatic carbocycles. The lowest BCUT2D eigenvalue weighted by Crippen LogP contribution is -2.09. The van der Waals surface area contributed by atoms with Crippen molar-refractivity contribution in [3.05, 3.63) is 156 Å². The third-order valence-electron chi connectivity index (χ3n) is 10.1. The second-order valence-electron chi connectivity index (χ2n) is 13.2. The third-order valence-corrected chi connectivity index (χ3v) is 12.0. The fraction of sp³-hybridized carbons (Fsp3) is 0.0455. The number of allylic oxidation sites excluding steroid dienone is 4. The van der Waals surface area contributed by atoms with E-state index in [1.54, 1.807) is 6.08 Å². The van der Waals surface area contributed by atoms with Crippen LogP contribution in [0, 0.1) is 11.3 Å². The number of sulfone groups is 1. The summed E-state index contributed by atoms with van der Waals surface area (Å²) in [6.07, 6.45) is 4.36. The van der Waals surface area contributed by atoms with Gasteiger partial charge in [-0.15, -0.1) is 10.2 Å². The second-order valence-corrected chi connectivity index (χ2v) is 15.2. The van der Waals surface area contributed by atoms with Gasteiger partial charge in [0.25, 0.3) is 0 Å². The molecule has 0 spiro atoms. The molecule has 0 fully saturated rings. The molecular formula is C44H28N8O2S. The van der Waals surface area contributed by atoms with Gasteiger partial charge in [-0.3, -0.25) is 4.57 Å². The number of fused-ring (bicyclic) bond motifs is 7. The van der Waals surface area contributed by atoms with Crippen LogP contribution in [0.25, 0.3) is 78.3 Å². The van der Waals surface area contributed by atoms with Crippen LogP contribution in [0.1, 0.15) is 18.4 Å². The molecule has 0 saturated heterocycles. The molecule has 55 heavy (non-hydrogen) atoms. The average molecular weight is 733 g/mol. The summed E-state index contributed by atoms with van der Waals surface area (Å²) in [6.45, 7) is 0. The normalized spacial score (nSPS) is 13.3. The van der Waals surface area contributed by atoms with E-state index in [9.17, 15) is 13.7 Å². The minimum atomic E-state index is -3.75. The molecule has 0 saturated carbocycles. The van der Waals surface area contributed by atoms with Crippen molar-refractivity contribution >= 4 is 59.4 Å². The minimum absolute atomic E-state index is 0.167. The zero-order valence-corrected chi connectivity index (χ0v) is 29.9. The number of nitriles is 1. The highest BCUT2D eigenvalue weighted by Gasteiger charge is 2.27. The molecular weight excluding hydrogens is 705 g/mol. The second kappa shape index (κ2) is 12.7. The van der Waals surface area contributed by atoms with E-state index < -0.39 is 9.84 Å². The molecule has 11 heteroatoms. The first-order valence-corrected chi connectivity index (χ1v) is 19.2. The summed E-state index contributed by atoms with van der Waals surface area (Å²) in [5.74, 6) is 1.47. The number of para-hydroxylation sites is 2. The van der Waals surface area contributed by atoms with Crippen molar-refractivity contribution in [1.82, 2.24) is 34.3 Å². The van der Waals surface area contributed by atoms with Crippen LogP contribution in [-0.4, -0.2) is 42.7 Å². The van der Waals surface area contributed by atoms with Crippen molar-refractivity contribution < 1.29 is 8.42 Å². The summed E-state index contributed by atoms with van der Waals surface area (Å²) in [4.78, 5) is 15.5. The van der Waals surface area contributed by atoms with Crippen LogP contribution in [-0.2, 0) is 9.84 Å². The highest BCUT2D eigenvalue weighted by atomic mass is 32.2. The van der Waals surface area contributed by atoms with E-state index in [-0.39, 0.29) is 4.90 Å². The highest BCUT2D eigenvalue weighted by Crippen LogP contribution is 2.41. The van der Waals surface area contributed by atoms with Gasteiger partial charge in [-0.2, -0.15) is 15.2 Å². The van der Waals surface area contributed by atoms with Crippen molar-refractivity contribution in [2.24, 2.45) is 0 Å². The molecule has 1 aliphatic rings. The van der Waals surface area contributed by atoms with Gasteiger partial charge >= 0.3 is 0 Å². The largest absolute Gasteiger partial charge is 0.311 e. The van der Waals surface area contributed by atoms with E-state index in [0.29, 0.717) is 46.6 Å². The van der Waals surface area contributed by atoms with Crippen molar-refractivity contribution in [2.45, 2.75) is 17.7 Å². The van der Waals surface area contributed by atoms with Crippen molar-refractivity contribution in [1.29, 1.82) is 5.26 Å². The standard InChI is InChI=1S/C44H28N8O2S/c45-27-28-19-23-32(24-20-28)55(53,54)33-25-21-31(22-26-33)51-37-18-10-8-16-35(37)39-40(51)38-34-15-7-9-17-36(34)52(43(38)50-49-39)44-47-41(29-11-3-1-4-12-29)46-42(48-44)30-13-5-2-6-14-30/h1-21,23-25H,22,26H2. The Kier molecular flexibility index (Phi) is 7.47. The van der Waals surface area contributed by atoms with Crippen molar-refractivity contribution in [3.8, 4) is 34.8 Å². The quantitative estimate of drug-likeness (QED) is 0.165. The summed E-state index contributed by atoms with van der Waals surface area (Å²) in [5, 5.41) is 21.7. The third kappa shape index (κ3) is 5.22. The molecule has 9 aromatic rings. The van der Waals surface area contributed by atoms with Gasteiger partial charge in [-0.05, 0) is 61.4 Å². The lowest BCUT2D eigenvalue weighted by Gasteiger charge is -2.18. The summed E-state index contributed by atoms with van der Waals surface area (Å²) in [5.41, 5.74) is 7.01. The van der Waals surface area contributed by atoms with Crippen molar-refractivity contribution in [2.75, 3.05) is 0 Å². The van der Waals surface area contributed by atoms with Crippen LogP contribution in [0.4, 0.5) is 0 Å². The molecule has 262 valence electrons.